The fourth-order valence-corrected chi connectivity index (χ4v) is 2.78. The van der Waals surface area contributed by atoms with Crippen molar-refractivity contribution in [2.45, 2.75) is 52.0 Å². The van der Waals surface area contributed by atoms with E-state index < -0.39 is 0 Å². The lowest BCUT2D eigenvalue weighted by Gasteiger charge is -2.16. The quantitative estimate of drug-likeness (QED) is 0.862. The molecule has 106 valence electrons. The maximum atomic E-state index is 5.68. The summed E-state index contributed by atoms with van der Waals surface area (Å²) in [6, 6.07) is 4.13. The van der Waals surface area contributed by atoms with E-state index in [1.165, 1.54) is 30.5 Å². The van der Waals surface area contributed by atoms with Crippen molar-refractivity contribution in [1.29, 1.82) is 0 Å². The van der Waals surface area contributed by atoms with Gasteiger partial charge in [-0.05, 0) is 51.7 Å². The highest BCUT2D eigenvalue weighted by Gasteiger charge is 2.17. The molecule has 0 saturated carbocycles. The van der Waals surface area contributed by atoms with Gasteiger partial charge in [0.2, 0.25) is 0 Å². The van der Waals surface area contributed by atoms with E-state index in [9.17, 15) is 0 Å². The van der Waals surface area contributed by atoms with E-state index in [1.807, 2.05) is 19.1 Å². The smallest absolute Gasteiger partial charge is 0.133 e. The Labute approximate surface area is 119 Å². The van der Waals surface area contributed by atoms with Gasteiger partial charge >= 0.3 is 0 Å². The minimum atomic E-state index is 0.117. The molecular weight excluding hydrogens is 250 g/mol. The first-order chi connectivity index (χ1) is 9.74. The SMILES string of the molecule is Cc1ccc(C(C)Nc2ncnc3c2CCCCC3)o1. The summed E-state index contributed by atoms with van der Waals surface area (Å²) in [4.78, 5) is 8.89. The molecule has 0 saturated heterocycles. The molecule has 0 aliphatic heterocycles. The molecule has 2 heterocycles. The Balaban J connectivity index is 1.84. The van der Waals surface area contributed by atoms with Crippen LogP contribution in [0.3, 0.4) is 0 Å². The van der Waals surface area contributed by atoms with Crippen LogP contribution in [0.15, 0.2) is 22.9 Å². The average Bonchev–Trinajstić information content (AvgIpc) is 2.73. The van der Waals surface area contributed by atoms with Gasteiger partial charge in [-0.15, -0.1) is 0 Å². The van der Waals surface area contributed by atoms with Crippen LogP contribution in [0.1, 0.15) is 55.0 Å². The predicted octanol–water partition coefficient (Wildman–Crippen LogP) is 3.82. The first-order valence-corrected chi connectivity index (χ1v) is 7.39. The van der Waals surface area contributed by atoms with Gasteiger partial charge in [0.05, 0.1) is 6.04 Å². The van der Waals surface area contributed by atoms with E-state index in [0.29, 0.717) is 0 Å². The first kappa shape index (κ1) is 13.2. The Kier molecular flexibility index (Phi) is 3.72. The minimum absolute atomic E-state index is 0.117. The van der Waals surface area contributed by atoms with E-state index in [2.05, 4.69) is 22.2 Å². The molecule has 1 atom stereocenters. The molecule has 0 fully saturated rings. The molecule has 4 nitrogen and oxygen atoms in total. The van der Waals surface area contributed by atoms with E-state index in [0.717, 1.165) is 30.2 Å². The molecule has 20 heavy (non-hydrogen) atoms. The van der Waals surface area contributed by atoms with Crippen LogP contribution in [0.2, 0.25) is 0 Å². The highest BCUT2D eigenvalue weighted by atomic mass is 16.3. The van der Waals surface area contributed by atoms with E-state index >= 15 is 0 Å². The molecule has 0 spiro atoms. The van der Waals surface area contributed by atoms with Crippen molar-refractivity contribution in [2.24, 2.45) is 0 Å². The Bertz CT molecular complexity index is 591. The highest BCUT2D eigenvalue weighted by molar-refractivity contribution is 5.47. The molecule has 2 aromatic heterocycles. The molecule has 2 aromatic rings. The van der Waals surface area contributed by atoms with Crippen molar-refractivity contribution in [1.82, 2.24) is 9.97 Å². The van der Waals surface area contributed by atoms with Gasteiger partial charge in [-0.25, -0.2) is 9.97 Å². The number of hydrogen-bond acceptors (Lipinski definition) is 4. The van der Waals surface area contributed by atoms with Crippen LogP contribution in [-0.4, -0.2) is 9.97 Å². The standard InChI is InChI=1S/C16H21N3O/c1-11-8-9-15(20-11)12(2)19-16-13-6-4-3-5-7-14(13)17-10-18-16/h8-10,12H,3-7H2,1-2H3,(H,17,18,19). The number of aromatic nitrogens is 2. The van der Waals surface area contributed by atoms with Crippen LogP contribution in [0.4, 0.5) is 5.82 Å². The summed E-state index contributed by atoms with van der Waals surface area (Å²) in [6.45, 7) is 4.07. The zero-order valence-electron chi connectivity index (χ0n) is 12.1. The monoisotopic (exact) mass is 271 g/mol. The molecule has 4 heteroatoms. The van der Waals surface area contributed by atoms with Crippen molar-refractivity contribution >= 4 is 5.82 Å². The van der Waals surface area contributed by atoms with Crippen LogP contribution in [0, 0.1) is 6.92 Å². The number of furan rings is 1. The maximum Gasteiger partial charge on any atom is 0.133 e. The van der Waals surface area contributed by atoms with Crippen LogP contribution in [0.25, 0.3) is 0 Å². The Morgan fingerprint density at radius 2 is 2.00 bits per heavy atom. The van der Waals surface area contributed by atoms with Gasteiger partial charge in [0, 0.05) is 11.3 Å². The first-order valence-electron chi connectivity index (χ1n) is 7.39. The largest absolute Gasteiger partial charge is 0.464 e. The van der Waals surface area contributed by atoms with Crippen molar-refractivity contribution in [3.8, 4) is 0 Å². The highest BCUT2D eigenvalue weighted by Crippen LogP contribution is 2.27. The van der Waals surface area contributed by atoms with Gasteiger partial charge in [-0.3, -0.25) is 0 Å². The number of fused-ring (bicyclic) bond motifs is 1. The lowest BCUT2D eigenvalue weighted by Crippen LogP contribution is -2.11. The molecule has 0 radical (unpaired) electrons. The van der Waals surface area contributed by atoms with E-state index in [-0.39, 0.29) is 6.04 Å². The zero-order chi connectivity index (χ0) is 13.9. The number of hydrogen-bond donors (Lipinski definition) is 1. The molecule has 0 aromatic carbocycles. The summed E-state index contributed by atoms with van der Waals surface area (Å²) in [6.07, 6.45) is 7.55. The van der Waals surface area contributed by atoms with Crippen LogP contribution in [-0.2, 0) is 12.8 Å². The third-order valence-corrected chi connectivity index (χ3v) is 3.92. The molecule has 1 aliphatic rings. The minimum Gasteiger partial charge on any atom is -0.464 e. The fraction of sp³-hybridized carbons (Fsp3) is 0.500. The topological polar surface area (TPSA) is 51.0 Å². The van der Waals surface area contributed by atoms with Crippen LogP contribution >= 0.6 is 0 Å². The Morgan fingerprint density at radius 1 is 1.15 bits per heavy atom. The number of rotatable bonds is 3. The predicted molar refractivity (Wildman–Crippen MR) is 78.8 cm³/mol. The molecule has 1 unspecified atom stereocenters. The van der Waals surface area contributed by atoms with Crippen LogP contribution < -0.4 is 5.32 Å². The second-order valence-electron chi connectivity index (χ2n) is 5.52. The van der Waals surface area contributed by atoms with E-state index in [1.54, 1.807) is 6.33 Å². The molecular formula is C16H21N3O. The summed E-state index contributed by atoms with van der Waals surface area (Å²) < 4.78 is 5.68. The number of nitrogens with one attached hydrogen (secondary N) is 1. The number of anilines is 1. The number of aryl methyl sites for hydroxylation is 2. The van der Waals surface area contributed by atoms with Gasteiger partial charge in [-0.2, -0.15) is 0 Å². The average molecular weight is 271 g/mol. The Hall–Kier alpha value is -1.84. The summed E-state index contributed by atoms with van der Waals surface area (Å²) in [5, 5.41) is 3.48. The van der Waals surface area contributed by atoms with Gasteiger partial charge in [-0.1, -0.05) is 6.42 Å². The Morgan fingerprint density at radius 3 is 2.80 bits per heavy atom. The van der Waals surface area contributed by atoms with Gasteiger partial charge in [0.25, 0.3) is 0 Å². The normalized spacial score (nSPS) is 16.3. The fourth-order valence-electron chi connectivity index (χ4n) is 2.78. The summed E-state index contributed by atoms with van der Waals surface area (Å²) in [7, 11) is 0. The van der Waals surface area contributed by atoms with Gasteiger partial charge in [0.15, 0.2) is 0 Å². The van der Waals surface area contributed by atoms with Gasteiger partial charge in [0.1, 0.15) is 23.7 Å². The summed E-state index contributed by atoms with van der Waals surface area (Å²) in [5.74, 6) is 2.86. The van der Waals surface area contributed by atoms with Gasteiger partial charge < -0.3 is 9.73 Å². The molecule has 0 amide bonds. The van der Waals surface area contributed by atoms with Crippen molar-refractivity contribution in [3.63, 3.8) is 0 Å². The third-order valence-electron chi connectivity index (χ3n) is 3.92. The summed E-state index contributed by atoms with van der Waals surface area (Å²) >= 11 is 0. The second kappa shape index (κ2) is 5.65. The maximum absolute atomic E-state index is 5.68. The molecule has 0 bridgehead atoms. The summed E-state index contributed by atoms with van der Waals surface area (Å²) in [5.41, 5.74) is 2.50. The van der Waals surface area contributed by atoms with Crippen molar-refractivity contribution < 1.29 is 4.42 Å². The van der Waals surface area contributed by atoms with E-state index in [4.69, 9.17) is 4.42 Å². The van der Waals surface area contributed by atoms with Crippen molar-refractivity contribution in [2.75, 3.05) is 5.32 Å². The van der Waals surface area contributed by atoms with Crippen LogP contribution in [0.5, 0.6) is 0 Å². The third kappa shape index (κ3) is 2.69. The lowest BCUT2D eigenvalue weighted by molar-refractivity contribution is 0.466. The lowest BCUT2D eigenvalue weighted by atomic mass is 10.1. The molecule has 1 N–H and O–H groups in total. The second-order valence-corrected chi connectivity index (χ2v) is 5.52. The zero-order valence-corrected chi connectivity index (χ0v) is 12.1. The molecule has 1 aliphatic carbocycles. The molecule has 3 rings (SSSR count). The number of nitrogens with zero attached hydrogens (tertiary/aromatic N) is 2. The van der Waals surface area contributed by atoms with Crippen molar-refractivity contribution in [3.05, 3.63) is 41.2 Å².